The number of nitrogens with zero attached hydrogens (tertiary/aromatic N) is 1. The molecule has 0 spiro atoms. The maximum Gasteiger partial charge on any atom is 0.225 e. The van der Waals surface area contributed by atoms with Gasteiger partial charge in [-0.2, -0.15) is 0 Å². The molecule has 2 aromatic rings. The highest BCUT2D eigenvalue weighted by atomic mass is 79.9. The molecule has 7 heteroatoms. The van der Waals surface area contributed by atoms with Crippen LogP contribution in [0.4, 0.5) is 4.39 Å². The molecule has 1 N–H and O–H groups in total. The van der Waals surface area contributed by atoms with Gasteiger partial charge in [-0.3, -0.25) is 9.59 Å². The fourth-order valence-corrected chi connectivity index (χ4v) is 3.20. The molecule has 2 amide bonds. The SMILES string of the molecule is CC(=O)NC(CC(=O)N(C)Cc1cc(Br)ccc1F)c1ccc(Br)cc1. The Kier molecular flexibility index (Phi) is 7.34. The van der Waals surface area contributed by atoms with Gasteiger partial charge in [0.15, 0.2) is 0 Å². The molecule has 0 saturated carbocycles. The van der Waals surface area contributed by atoms with Crippen LogP contribution in [0.25, 0.3) is 0 Å². The molecule has 0 heterocycles. The third-order valence-corrected chi connectivity index (χ3v) is 4.89. The van der Waals surface area contributed by atoms with Crippen LogP contribution in [0.15, 0.2) is 51.4 Å². The Morgan fingerprint density at radius 3 is 2.35 bits per heavy atom. The van der Waals surface area contributed by atoms with E-state index in [-0.39, 0.29) is 30.6 Å². The molecule has 4 nitrogen and oxygen atoms in total. The fourth-order valence-electron chi connectivity index (χ4n) is 2.53. The van der Waals surface area contributed by atoms with Gasteiger partial charge in [-0.15, -0.1) is 0 Å². The summed E-state index contributed by atoms with van der Waals surface area (Å²) in [6.07, 6.45) is 0.0906. The van der Waals surface area contributed by atoms with E-state index in [0.29, 0.717) is 5.56 Å². The highest BCUT2D eigenvalue weighted by Crippen LogP contribution is 2.22. The van der Waals surface area contributed by atoms with Crippen molar-refractivity contribution in [1.29, 1.82) is 0 Å². The highest BCUT2D eigenvalue weighted by molar-refractivity contribution is 9.10. The average Bonchev–Trinajstić information content (AvgIpc) is 2.57. The summed E-state index contributed by atoms with van der Waals surface area (Å²) in [5, 5.41) is 2.80. The third-order valence-electron chi connectivity index (χ3n) is 3.87. The van der Waals surface area contributed by atoms with E-state index >= 15 is 0 Å². The molecule has 0 aliphatic heterocycles. The molecule has 26 heavy (non-hydrogen) atoms. The molecule has 0 aliphatic rings. The Hall–Kier alpha value is -1.73. The lowest BCUT2D eigenvalue weighted by molar-refractivity contribution is -0.131. The zero-order valence-corrected chi connectivity index (χ0v) is 17.6. The second-order valence-corrected chi connectivity index (χ2v) is 7.83. The maximum absolute atomic E-state index is 13.9. The number of nitrogens with one attached hydrogen (secondary N) is 1. The summed E-state index contributed by atoms with van der Waals surface area (Å²) in [6, 6.07) is 11.6. The number of carbonyl (C=O) groups is 2. The minimum absolute atomic E-state index is 0.0906. The Morgan fingerprint density at radius 2 is 1.73 bits per heavy atom. The molecule has 1 atom stereocenters. The van der Waals surface area contributed by atoms with Gasteiger partial charge in [-0.05, 0) is 35.9 Å². The van der Waals surface area contributed by atoms with Crippen LogP contribution in [-0.2, 0) is 16.1 Å². The molecule has 0 saturated heterocycles. The summed E-state index contributed by atoms with van der Waals surface area (Å²) in [6.45, 7) is 1.56. The van der Waals surface area contributed by atoms with Crippen LogP contribution >= 0.6 is 31.9 Å². The maximum atomic E-state index is 13.9. The number of carbonyl (C=O) groups excluding carboxylic acids is 2. The minimum atomic E-state index is -0.442. The quantitative estimate of drug-likeness (QED) is 0.651. The minimum Gasteiger partial charge on any atom is -0.349 e. The molecular formula is C19H19Br2FN2O2. The lowest BCUT2D eigenvalue weighted by Gasteiger charge is -2.23. The second kappa shape index (κ2) is 9.28. The van der Waals surface area contributed by atoms with Crippen molar-refractivity contribution in [2.24, 2.45) is 0 Å². The molecular weight excluding hydrogens is 467 g/mol. The molecule has 0 aromatic heterocycles. The van der Waals surface area contributed by atoms with Gasteiger partial charge in [-0.1, -0.05) is 44.0 Å². The van der Waals surface area contributed by atoms with Crippen LogP contribution in [0.2, 0.25) is 0 Å². The van der Waals surface area contributed by atoms with E-state index in [1.165, 1.54) is 17.9 Å². The van der Waals surface area contributed by atoms with E-state index in [1.807, 2.05) is 24.3 Å². The van der Waals surface area contributed by atoms with E-state index in [4.69, 9.17) is 0 Å². The predicted octanol–water partition coefficient (Wildman–Crippen LogP) is 4.58. The largest absolute Gasteiger partial charge is 0.349 e. The molecule has 1 unspecified atom stereocenters. The second-order valence-electron chi connectivity index (χ2n) is 5.99. The van der Waals surface area contributed by atoms with E-state index < -0.39 is 6.04 Å². The lowest BCUT2D eigenvalue weighted by atomic mass is 10.0. The first kappa shape index (κ1) is 20.6. The molecule has 2 aromatic carbocycles. The summed E-state index contributed by atoms with van der Waals surface area (Å²) in [5.41, 5.74) is 1.26. The van der Waals surface area contributed by atoms with Crippen molar-refractivity contribution in [3.63, 3.8) is 0 Å². The first-order valence-corrected chi connectivity index (χ1v) is 9.55. The van der Waals surface area contributed by atoms with Crippen molar-refractivity contribution in [3.05, 3.63) is 68.4 Å². The number of benzene rings is 2. The van der Waals surface area contributed by atoms with Gasteiger partial charge in [0.25, 0.3) is 0 Å². The van der Waals surface area contributed by atoms with E-state index in [1.54, 1.807) is 19.2 Å². The summed E-state index contributed by atoms with van der Waals surface area (Å²) in [7, 11) is 1.62. The normalized spacial score (nSPS) is 11.7. The van der Waals surface area contributed by atoms with Crippen molar-refractivity contribution in [2.75, 3.05) is 7.05 Å². The Bertz CT molecular complexity index is 797. The summed E-state index contributed by atoms with van der Waals surface area (Å²) in [5.74, 6) is -0.767. The summed E-state index contributed by atoms with van der Waals surface area (Å²) >= 11 is 6.67. The smallest absolute Gasteiger partial charge is 0.225 e. The number of halogens is 3. The van der Waals surface area contributed by atoms with Gasteiger partial charge in [0.1, 0.15) is 5.82 Å². The van der Waals surface area contributed by atoms with Crippen molar-refractivity contribution in [2.45, 2.75) is 25.9 Å². The third kappa shape index (κ3) is 5.92. The van der Waals surface area contributed by atoms with Crippen LogP contribution in [0, 0.1) is 5.82 Å². The number of amides is 2. The lowest BCUT2D eigenvalue weighted by Crippen LogP contribution is -2.33. The highest BCUT2D eigenvalue weighted by Gasteiger charge is 2.20. The number of rotatable bonds is 6. The zero-order chi connectivity index (χ0) is 19.3. The first-order valence-electron chi connectivity index (χ1n) is 7.96. The van der Waals surface area contributed by atoms with Crippen molar-refractivity contribution >= 4 is 43.7 Å². The first-order chi connectivity index (χ1) is 12.3. The predicted molar refractivity (Wildman–Crippen MR) is 106 cm³/mol. The molecule has 0 radical (unpaired) electrons. The van der Waals surface area contributed by atoms with Crippen LogP contribution in [0.1, 0.15) is 30.5 Å². The molecule has 2 rings (SSSR count). The number of hydrogen-bond acceptors (Lipinski definition) is 2. The van der Waals surface area contributed by atoms with Crippen LogP contribution < -0.4 is 5.32 Å². The Morgan fingerprint density at radius 1 is 1.12 bits per heavy atom. The van der Waals surface area contributed by atoms with Gasteiger partial charge >= 0.3 is 0 Å². The Balaban J connectivity index is 2.11. The molecule has 0 aliphatic carbocycles. The molecule has 0 fully saturated rings. The van der Waals surface area contributed by atoms with Crippen LogP contribution in [0.3, 0.4) is 0 Å². The van der Waals surface area contributed by atoms with Gasteiger partial charge in [-0.25, -0.2) is 4.39 Å². The average molecular weight is 486 g/mol. The van der Waals surface area contributed by atoms with Crippen LogP contribution in [-0.4, -0.2) is 23.8 Å². The van der Waals surface area contributed by atoms with Crippen molar-refractivity contribution in [1.82, 2.24) is 10.2 Å². The fraction of sp³-hybridized carbons (Fsp3) is 0.263. The van der Waals surface area contributed by atoms with Gasteiger partial charge in [0.05, 0.1) is 12.5 Å². The van der Waals surface area contributed by atoms with Gasteiger partial charge < -0.3 is 10.2 Å². The van der Waals surface area contributed by atoms with E-state index in [2.05, 4.69) is 37.2 Å². The van der Waals surface area contributed by atoms with E-state index in [9.17, 15) is 14.0 Å². The molecule has 138 valence electrons. The van der Waals surface area contributed by atoms with Crippen molar-refractivity contribution < 1.29 is 14.0 Å². The van der Waals surface area contributed by atoms with Gasteiger partial charge in [0, 0.05) is 35.0 Å². The Labute approximate surface area is 169 Å². The monoisotopic (exact) mass is 484 g/mol. The van der Waals surface area contributed by atoms with Crippen molar-refractivity contribution in [3.8, 4) is 0 Å². The van der Waals surface area contributed by atoms with E-state index in [0.717, 1.165) is 14.5 Å². The van der Waals surface area contributed by atoms with Gasteiger partial charge in [0.2, 0.25) is 11.8 Å². The zero-order valence-electron chi connectivity index (χ0n) is 14.4. The van der Waals surface area contributed by atoms with Crippen LogP contribution in [0.5, 0.6) is 0 Å². The summed E-state index contributed by atoms with van der Waals surface area (Å²) in [4.78, 5) is 25.6. The number of hydrogen-bond donors (Lipinski definition) is 1. The topological polar surface area (TPSA) is 49.4 Å². The standard InChI is InChI=1S/C19H19Br2FN2O2/c1-12(25)23-18(13-3-5-15(20)6-4-13)10-19(26)24(2)11-14-9-16(21)7-8-17(14)22/h3-9,18H,10-11H2,1-2H3,(H,23,25). The summed E-state index contributed by atoms with van der Waals surface area (Å²) < 4.78 is 15.6. The molecule has 0 bridgehead atoms.